The highest BCUT2D eigenvalue weighted by Gasteiger charge is 2.10. The second kappa shape index (κ2) is 9.90. The van der Waals surface area contributed by atoms with Gasteiger partial charge < -0.3 is 14.8 Å². The van der Waals surface area contributed by atoms with Gasteiger partial charge in [0.15, 0.2) is 0 Å². The van der Waals surface area contributed by atoms with Crippen molar-refractivity contribution in [2.24, 2.45) is 0 Å². The lowest BCUT2D eigenvalue weighted by Crippen LogP contribution is -2.21. The molecule has 1 aromatic carbocycles. The van der Waals surface area contributed by atoms with Gasteiger partial charge in [-0.2, -0.15) is 0 Å². The third-order valence-electron chi connectivity index (χ3n) is 3.02. The fourth-order valence-electron chi connectivity index (χ4n) is 1.99. The number of hydrogen-bond donors (Lipinski definition) is 1. The maximum atomic E-state index is 5.85. The van der Waals surface area contributed by atoms with Gasteiger partial charge in [-0.05, 0) is 40.5 Å². The normalized spacial score (nSPS) is 10.6. The molecule has 0 aliphatic carbocycles. The Kier molecular flexibility index (Phi) is 7.85. The van der Waals surface area contributed by atoms with E-state index in [9.17, 15) is 0 Å². The summed E-state index contributed by atoms with van der Waals surface area (Å²) in [6.07, 6.45) is 2.70. The number of rotatable bonds is 9. The van der Waals surface area contributed by atoms with Crippen LogP contribution in [0.5, 0.6) is 11.6 Å². The Hall–Kier alpha value is -1.11. The highest BCUT2D eigenvalue weighted by molar-refractivity contribution is 9.11. The van der Waals surface area contributed by atoms with Crippen LogP contribution in [0.25, 0.3) is 0 Å². The Morgan fingerprint density at radius 3 is 2.74 bits per heavy atom. The van der Waals surface area contributed by atoms with Crippen LogP contribution >= 0.6 is 31.9 Å². The number of benzene rings is 1. The molecule has 0 spiro atoms. The summed E-state index contributed by atoms with van der Waals surface area (Å²) in [5.74, 6) is 1.54. The maximum absolute atomic E-state index is 5.85. The Labute approximate surface area is 153 Å². The van der Waals surface area contributed by atoms with Crippen molar-refractivity contribution in [1.29, 1.82) is 0 Å². The fraction of sp³-hybridized carbons (Fsp3) is 0.353. The van der Waals surface area contributed by atoms with Crippen LogP contribution in [-0.4, -0.2) is 24.7 Å². The van der Waals surface area contributed by atoms with E-state index in [2.05, 4.69) is 55.2 Å². The quantitative estimate of drug-likeness (QED) is 0.576. The molecule has 0 amide bonds. The Balaban J connectivity index is 1.84. The molecule has 1 N–H and O–H groups in total. The second-order valence-electron chi connectivity index (χ2n) is 4.92. The van der Waals surface area contributed by atoms with E-state index in [1.807, 2.05) is 24.3 Å². The van der Waals surface area contributed by atoms with E-state index < -0.39 is 0 Å². The van der Waals surface area contributed by atoms with E-state index in [1.165, 1.54) is 0 Å². The van der Waals surface area contributed by atoms with Crippen LogP contribution in [0.4, 0.5) is 0 Å². The number of nitrogens with one attached hydrogen (secondary N) is 1. The molecule has 2 rings (SSSR count). The van der Waals surface area contributed by atoms with Crippen LogP contribution in [0.1, 0.15) is 18.9 Å². The lowest BCUT2D eigenvalue weighted by Gasteiger charge is -2.14. The van der Waals surface area contributed by atoms with Crippen LogP contribution < -0.4 is 14.8 Å². The molecule has 0 unspecified atom stereocenters. The first-order chi connectivity index (χ1) is 11.2. The lowest BCUT2D eigenvalue weighted by atomic mass is 10.2. The first-order valence-corrected chi connectivity index (χ1v) is 9.14. The van der Waals surface area contributed by atoms with E-state index in [0.29, 0.717) is 25.6 Å². The zero-order valence-corrected chi connectivity index (χ0v) is 16.2. The van der Waals surface area contributed by atoms with Gasteiger partial charge >= 0.3 is 0 Å². The van der Waals surface area contributed by atoms with Gasteiger partial charge in [0, 0.05) is 35.4 Å². The van der Waals surface area contributed by atoms with Gasteiger partial charge in [0.25, 0.3) is 0 Å². The van der Waals surface area contributed by atoms with Crippen molar-refractivity contribution in [2.45, 2.75) is 19.9 Å². The molecule has 0 saturated heterocycles. The summed E-state index contributed by atoms with van der Waals surface area (Å²) >= 11 is 7.09. The molecule has 0 fully saturated rings. The number of ether oxygens (including phenoxy) is 2. The molecule has 0 aliphatic rings. The average Bonchev–Trinajstić information content (AvgIpc) is 2.54. The predicted molar refractivity (Wildman–Crippen MR) is 99.1 cm³/mol. The van der Waals surface area contributed by atoms with E-state index in [-0.39, 0.29) is 0 Å². The minimum absolute atomic E-state index is 0.567. The smallest absolute Gasteiger partial charge is 0.213 e. The number of hydrogen-bond acceptors (Lipinski definition) is 4. The highest BCUT2D eigenvalue weighted by atomic mass is 79.9. The van der Waals surface area contributed by atoms with Crippen molar-refractivity contribution in [3.05, 3.63) is 51.0 Å². The van der Waals surface area contributed by atoms with E-state index in [1.54, 1.807) is 6.20 Å². The first kappa shape index (κ1) is 18.2. The molecule has 0 radical (unpaired) electrons. The van der Waals surface area contributed by atoms with Crippen LogP contribution in [0, 0.1) is 0 Å². The van der Waals surface area contributed by atoms with Gasteiger partial charge in [0.1, 0.15) is 12.4 Å². The molecule has 1 heterocycles. The van der Waals surface area contributed by atoms with Gasteiger partial charge in [0.2, 0.25) is 5.88 Å². The summed E-state index contributed by atoms with van der Waals surface area (Å²) in [5, 5.41) is 3.37. The molecular formula is C17H20Br2N2O2. The van der Waals surface area contributed by atoms with Crippen molar-refractivity contribution in [3.8, 4) is 11.6 Å². The SMILES string of the molecule is CCCOc1c(Br)cc(Br)cc1CNCCOc1ccccn1. The molecule has 1 aromatic heterocycles. The van der Waals surface area contributed by atoms with E-state index in [4.69, 9.17) is 9.47 Å². The summed E-state index contributed by atoms with van der Waals surface area (Å²) < 4.78 is 13.4. The zero-order chi connectivity index (χ0) is 16.5. The van der Waals surface area contributed by atoms with E-state index in [0.717, 1.165) is 33.2 Å². The molecule has 4 nitrogen and oxygen atoms in total. The van der Waals surface area contributed by atoms with Crippen LogP contribution in [0.15, 0.2) is 45.5 Å². The van der Waals surface area contributed by atoms with Crippen LogP contribution in [-0.2, 0) is 6.54 Å². The molecule has 23 heavy (non-hydrogen) atoms. The Morgan fingerprint density at radius 2 is 2.00 bits per heavy atom. The van der Waals surface area contributed by atoms with Crippen molar-refractivity contribution < 1.29 is 9.47 Å². The molecule has 2 aromatic rings. The minimum atomic E-state index is 0.567. The molecule has 0 atom stereocenters. The third kappa shape index (κ3) is 6.12. The minimum Gasteiger partial charge on any atom is -0.492 e. The average molecular weight is 444 g/mol. The summed E-state index contributed by atoms with van der Waals surface area (Å²) in [6, 6.07) is 9.70. The topological polar surface area (TPSA) is 43.4 Å². The summed E-state index contributed by atoms with van der Waals surface area (Å²) in [4.78, 5) is 4.12. The molecule has 0 aliphatic heterocycles. The summed E-state index contributed by atoms with van der Waals surface area (Å²) in [7, 11) is 0. The van der Waals surface area contributed by atoms with E-state index >= 15 is 0 Å². The number of pyridine rings is 1. The molecular weight excluding hydrogens is 424 g/mol. The summed E-state index contributed by atoms with van der Waals surface area (Å²) in [6.45, 7) is 4.81. The number of halogens is 2. The van der Waals surface area contributed by atoms with Crippen molar-refractivity contribution in [1.82, 2.24) is 10.3 Å². The first-order valence-electron chi connectivity index (χ1n) is 7.56. The Morgan fingerprint density at radius 1 is 1.13 bits per heavy atom. The molecule has 0 bridgehead atoms. The largest absolute Gasteiger partial charge is 0.492 e. The van der Waals surface area contributed by atoms with Crippen LogP contribution in [0.3, 0.4) is 0 Å². The monoisotopic (exact) mass is 442 g/mol. The standard InChI is InChI=1S/C17H20Br2N2O2/c1-2-8-23-17-13(10-14(18)11-15(17)19)12-20-7-9-22-16-5-3-4-6-21-16/h3-6,10-11,20H,2,7-9,12H2,1H3. The van der Waals surface area contributed by atoms with Gasteiger partial charge in [0.05, 0.1) is 11.1 Å². The van der Waals surface area contributed by atoms with Gasteiger partial charge in [-0.1, -0.05) is 28.9 Å². The maximum Gasteiger partial charge on any atom is 0.213 e. The second-order valence-corrected chi connectivity index (χ2v) is 6.69. The van der Waals surface area contributed by atoms with Crippen LogP contribution in [0.2, 0.25) is 0 Å². The highest BCUT2D eigenvalue weighted by Crippen LogP contribution is 2.33. The molecule has 6 heteroatoms. The number of aromatic nitrogens is 1. The van der Waals surface area contributed by atoms with Gasteiger partial charge in [-0.25, -0.2) is 4.98 Å². The molecule has 124 valence electrons. The number of nitrogens with zero attached hydrogens (tertiary/aromatic N) is 1. The molecule has 0 saturated carbocycles. The van der Waals surface area contributed by atoms with Crippen molar-refractivity contribution in [3.63, 3.8) is 0 Å². The van der Waals surface area contributed by atoms with Crippen molar-refractivity contribution >= 4 is 31.9 Å². The fourth-order valence-corrected chi connectivity index (χ4v) is 3.42. The van der Waals surface area contributed by atoms with Crippen molar-refractivity contribution in [2.75, 3.05) is 19.8 Å². The third-order valence-corrected chi connectivity index (χ3v) is 4.06. The zero-order valence-electron chi connectivity index (χ0n) is 13.0. The van der Waals surface area contributed by atoms with Gasteiger partial charge in [-0.3, -0.25) is 0 Å². The Bertz CT molecular complexity index is 609. The lowest BCUT2D eigenvalue weighted by molar-refractivity contribution is 0.298. The van der Waals surface area contributed by atoms with Gasteiger partial charge in [-0.15, -0.1) is 0 Å². The predicted octanol–water partition coefficient (Wildman–Crippen LogP) is 4.56. The summed E-state index contributed by atoms with van der Waals surface area (Å²) in [5.41, 5.74) is 1.11.